The highest BCUT2D eigenvalue weighted by Crippen LogP contribution is 2.64. The first-order valence-corrected chi connectivity index (χ1v) is 12.3. The lowest BCUT2D eigenvalue weighted by molar-refractivity contribution is -0.145. The van der Waals surface area contributed by atoms with Crippen LogP contribution < -0.4 is 0 Å². The lowest BCUT2D eigenvalue weighted by Crippen LogP contribution is -2.51. The number of ketones is 1. The number of aliphatic hydroxyl groups is 1. The number of rotatable bonds is 3. The van der Waals surface area contributed by atoms with Crippen molar-refractivity contribution in [3.63, 3.8) is 0 Å². The van der Waals surface area contributed by atoms with Crippen LogP contribution >= 0.6 is 0 Å². The summed E-state index contributed by atoms with van der Waals surface area (Å²) in [6, 6.07) is 0.942. The molecular formula is C25H35F3N2O2. The van der Waals surface area contributed by atoms with E-state index in [-0.39, 0.29) is 23.7 Å². The molecule has 8 unspecified atom stereocenters. The summed E-state index contributed by atoms with van der Waals surface area (Å²) < 4.78 is 40.5. The summed E-state index contributed by atoms with van der Waals surface area (Å²) in [4.78, 5) is 13.3. The van der Waals surface area contributed by atoms with E-state index in [0.717, 1.165) is 68.3 Å². The molecule has 0 bridgehead atoms. The normalized spacial score (nSPS) is 43.9. The van der Waals surface area contributed by atoms with E-state index in [1.165, 1.54) is 6.42 Å². The largest absolute Gasteiger partial charge is 0.433 e. The minimum absolute atomic E-state index is 0.0925. The Hall–Kier alpha value is -1.37. The average molecular weight is 453 g/mol. The van der Waals surface area contributed by atoms with E-state index >= 15 is 0 Å². The highest BCUT2D eigenvalue weighted by Gasteiger charge is 2.58. The molecule has 0 aromatic carbocycles. The molecule has 4 aliphatic carbocycles. The second kappa shape index (κ2) is 7.57. The summed E-state index contributed by atoms with van der Waals surface area (Å²) >= 11 is 0. The highest BCUT2D eigenvalue weighted by molar-refractivity contribution is 5.82. The van der Waals surface area contributed by atoms with Gasteiger partial charge >= 0.3 is 6.18 Å². The molecule has 7 heteroatoms. The lowest BCUT2D eigenvalue weighted by atomic mass is 9.49. The van der Waals surface area contributed by atoms with Crippen molar-refractivity contribution >= 4 is 5.78 Å². The summed E-state index contributed by atoms with van der Waals surface area (Å²) in [6.07, 6.45) is 5.74. The molecule has 1 N–H and O–H groups in total. The molecule has 4 aliphatic rings. The molecular weight excluding hydrogens is 417 g/mol. The molecule has 4 nitrogen and oxygen atoms in total. The number of aromatic nitrogens is 2. The molecule has 1 aromatic rings. The maximum atomic E-state index is 13.3. The van der Waals surface area contributed by atoms with Crippen LogP contribution in [0.1, 0.15) is 77.3 Å². The standard InChI is InChI=1S/C25H35F3N2O2/c1-23(32)10-7-16-15(13-23)3-4-18-17(16)8-11-24(2)19(18)5-6-20(24)21(31)14-30-22(9-12-29-30)25(26,27)28/h9,12,15-20,32H,3-8,10-11,13-14H2,1-2H3. The molecule has 8 atom stereocenters. The highest BCUT2D eigenvalue weighted by atomic mass is 19.4. The summed E-state index contributed by atoms with van der Waals surface area (Å²) in [5.41, 5.74) is -1.48. The third-order valence-corrected chi connectivity index (χ3v) is 9.94. The van der Waals surface area contributed by atoms with Gasteiger partial charge < -0.3 is 5.11 Å². The molecule has 178 valence electrons. The predicted octanol–water partition coefficient (Wildman–Crippen LogP) is 5.49. The van der Waals surface area contributed by atoms with E-state index in [0.29, 0.717) is 29.6 Å². The SMILES string of the molecule is CC1(O)CCC2C(CCC3C2CCC2(C)C(C(=O)Cn4nccc4C(F)(F)F)CCC32)C1. The number of carbonyl (C=O) groups is 1. The van der Waals surface area contributed by atoms with E-state index in [9.17, 15) is 23.1 Å². The van der Waals surface area contributed by atoms with Gasteiger partial charge in [0.1, 0.15) is 12.2 Å². The number of halogens is 3. The van der Waals surface area contributed by atoms with Crippen molar-refractivity contribution in [3.8, 4) is 0 Å². The van der Waals surface area contributed by atoms with Crippen molar-refractivity contribution in [2.24, 2.45) is 40.9 Å². The number of hydrogen-bond donors (Lipinski definition) is 1. The van der Waals surface area contributed by atoms with E-state index in [2.05, 4.69) is 12.0 Å². The summed E-state index contributed by atoms with van der Waals surface area (Å²) in [7, 11) is 0. The van der Waals surface area contributed by atoms with Crippen molar-refractivity contribution in [1.82, 2.24) is 9.78 Å². The van der Waals surface area contributed by atoms with Gasteiger partial charge in [-0.2, -0.15) is 18.3 Å². The molecule has 0 aliphatic heterocycles. The molecule has 0 saturated heterocycles. The summed E-state index contributed by atoms with van der Waals surface area (Å²) in [6.45, 7) is 3.92. The van der Waals surface area contributed by atoms with Crippen molar-refractivity contribution < 1.29 is 23.1 Å². The third kappa shape index (κ3) is 3.63. The van der Waals surface area contributed by atoms with E-state index in [1.807, 2.05) is 6.92 Å². The Kier molecular flexibility index (Phi) is 5.31. The Bertz CT molecular complexity index is 879. The fourth-order valence-electron chi connectivity index (χ4n) is 8.57. The second-order valence-corrected chi connectivity index (χ2v) is 11.7. The van der Waals surface area contributed by atoms with Gasteiger partial charge in [-0.05, 0) is 106 Å². The molecule has 4 fully saturated rings. The molecule has 4 saturated carbocycles. The van der Waals surface area contributed by atoms with Crippen LogP contribution in [0.3, 0.4) is 0 Å². The third-order valence-electron chi connectivity index (χ3n) is 9.94. The first-order chi connectivity index (χ1) is 15.0. The van der Waals surface area contributed by atoms with Gasteiger partial charge in [0, 0.05) is 12.1 Å². The monoisotopic (exact) mass is 452 g/mol. The zero-order chi connectivity index (χ0) is 22.9. The van der Waals surface area contributed by atoms with Gasteiger partial charge in [-0.15, -0.1) is 0 Å². The number of nitrogens with zero attached hydrogens (tertiary/aromatic N) is 2. The maximum absolute atomic E-state index is 13.3. The number of hydrogen-bond acceptors (Lipinski definition) is 3. The first-order valence-electron chi connectivity index (χ1n) is 12.3. The number of fused-ring (bicyclic) bond motifs is 5. The Morgan fingerprint density at radius 2 is 1.84 bits per heavy atom. The fourth-order valence-corrected chi connectivity index (χ4v) is 8.57. The Balaban J connectivity index is 1.31. The molecule has 1 heterocycles. The van der Waals surface area contributed by atoms with Crippen LogP contribution in [0.4, 0.5) is 13.2 Å². The van der Waals surface area contributed by atoms with Crippen LogP contribution in [0.2, 0.25) is 0 Å². The molecule has 0 spiro atoms. The summed E-state index contributed by atoms with van der Waals surface area (Å²) in [5, 5.41) is 14.4. The van der Waals surface area contributed by atoms with Crippen LogP contribution in [0.25, 0.3) is 0 Å². The Morgan fingerprint density at radius 3 is 2.59 bits per heavy atom. The van der Waals surface area contributed by atoms with Crippen LogP contribution in [-0.2, 0) is 17.5 Å². The van der Waals surface area contributed by atoms with E-state index in [1.54, 1.807) is 0 Å². The van der Waals surface area contributed by atoms with Gasteiger partial charge in [0.15, 0.2) is 5.78 Å². The predicted molar refractivity (Wildman–Crippen MR) is 113 cm³/mol. The van der Waals surface area contributed by atoms with Crippen LogP contribution in [0.5, 0.6) is 0 Å². The van der Waals surface area contributed by atoms with Gasteiger partial charge in [-0.3, -0.25) is 9.48 Å². The molecule has 0 radical (unpaired) electrons. The number of alkyl halides is 3. The Labute approximate surface area is 187 Å². The average Bonchev–Trinajstić information content (AvgIpc) is 3.30. The zero-order valence-electron chi connectivity index (χ0n) is 19.1. The fraction of sp³-hybridized carbons (Fsp3) is 0.840. The first kappa shape index (κ1) is 22.4. The topological polar surface area (TPSA) is 55.1 Å². The van der Waals surface area contributed by atoms with Crippen LogP contribution in [-0.4, -0.2) is 26.3 Å². The van der Waals surface area contributed by atoms with Gasteiger partial charge in [0.25, 0.3) is 0 Å². The maximum Gasteiger partial charge on any atom is 0.433 e. The van der Waals surface area contributed by atoms with Crippen molar-refractivity contribution in [1.29, 1.82) is 0 Å². The summed E-state index contributed by atoms with van der Waals surface area (Å²) in [5.74, 6) is 2.81. The van der Waals surface area contributed by atoms with Crippen molar-refractivity contribution in [3.05, 3.63) is 18.0 Å². The lowest BCUT2D eigenvalue weighted by Gasteiger charge is -2.56. The molecule has 0 amide bonds. The Morgan fingerprint density at radius 1 is 1.09 bits per heavy atom. The number of carbonyl (C=O) groups excluding carboxylic acids is 1. The van der Waals surface area contributed by atoms with Crippen LogP contribution in [0, 0.1) is 40.9 Å². The molecule has 32 heavy (non-hydrogen) atoms. The van der Waals surface area contributed by atoms with Crippen molar-refractivity contribution in [2.45, 2.75) is 90.0 Å². The van der Waals surface area contributed by atoms with E-state index < -0.39 is 17.5 Å². The molecule has 1 aromatic heterocycles. The van der Waals surface area contributed by atoms with Crippen molar-refractivity contribution in [2.75, 3.05) is 0 Å². The smallest absolute Gasteiger partial charge is 0.390 e. The van der Waals surface area contributed by atoms with E-state index in [4.69, 9.17) is 0 Å². The second-order valence-electron chi connectivity index (χ2n) is 11.7. The van der Waals surface area contributed by atoms with Gasteiger partial charge in [0.05, 0.1) is 5.60 Å². The quantitative estimate of drug-likeness (QED) is 0.660. The van der Waals surface area contributed by atoms with Gasteiger partial charge in [-0.1, -0.05) is 6.92 Å². The number of Topliss-reactive ketones (excluding diaryl/α,β-unsaturated/α-hetero) is 1. The minimum Gasteiger partial charge on any atom is -0.390 e. The van der Waals surface area contributed by atoms with Gasteiger partial charge in [-0.25, -0.2) is 0 Å². The minimum atomic E-state index is -4.50. The van der Waals surface area contributed by atoms with Crippen LogP contribution in [0.15, 0.2) is 12.3 Å². The molecule has 5 rings (SSSR count). The zero-order valence-corrected chi connectivity index (χ0v) is 19.1. The van der Waals surface area contributed by atoms with Gasteiger partial charge in [0.2, 0.25) is 0 Å².